The van der Waals surface area contributed by atoms with Gasteiger partial charge in [-0.15, -0.1) is 5.10 Å². The largest absolute Gasteiger partial charge is 0.494 e. The van der Waals surface area contributed by atoms with Crippen LogP contribution in [0.2, 0.25) is 0 Å². The minimum atomic E-state index is -1.34. The third-order valence-electron chi connectivity index (χ3n) is 3.69. The second-order valence-electron chi connectivity index (χ2n) is 5.37. The first kappa shape index (κ1) is 16.4. The first-order chi connectivity index (χ1) is 10.8. The van der Waals surface area contributed by atoms with E-state index in [-0.39, 0.29) is 0 Å². The average Bonchev–Trinajstić information content (AvgIpc) is 3.06. The molecule has 0 bridgehead atoms. The second kappa shape index (κ2) is 6.03. The average molecular weight is 319 g/mol. The maximum atomic E-state index is 12.6. The van der Waals surface area contributed by atoms with Gasteiger partial charge in [0.05, 0.1) is 7.11 Å². The number of carboxylic acids is 1. The van der Waals surface area contributed by atoms with Gasteiger partial charge in [-0.2, -0.15) is 4.68 Å². The van der Waals surface area contributed by atoms with Crippen LogP contribution in [-0.4, -0.2) is 61.8 Å². The number of hydrogen-bond acceptors (Lipinski definition) is 6. The predicted octanol–water partition coefficient (Wildman–Crippen LogP) is 0.606. The number of hydrogen-bond donors (Lipinski definition) is 1. The summed E-state index contributed by atoms with van der Waals surface area (Å²) in [4.78, 5) is 25.1. The summed E-state index contributed by atoms with van der Waals surface area (Å²) in [5.41, 5.74) is -0.565. The Balaban J connectivity index is 2.43. The lowest BCUT2D eigenvalue weighted by molar-refractivity contribution is -0.147. The number of likely N-dealkylation sites (N-methyl/N-ethyl adjacent to an activating group) is 1. The molecule has 122 valence electrons. The number of amides is 1. The molecule has 0 aliphatic rings. The number of ether oxygens (including phenoxy) is 1. The number of aliphatic carboxylic acids is 1. The molecule has 9 nitrogen and oxygen atoms in total. The number of aromatic nitrogens is 4. The Morgan fingerprint density at radius 3 is 2.57 bits per heavy atom. The molecular weight excluding hydrogens is 302 g/mol. The van der Waals surface area contributed by atoms with E-state index in [4.69, 9.17) is 4.74 Å². The molecule has 0 fully saturated rings. The number of benzene rings is 1. The van der Waals surface area contributed by atoms with Crippen molar-refractivity contribution in [3.05, 3.63) is 30.1 Å². The van der Waals surface area contributed by atoms with Crippen LogP contribution in [0.15, 0.2) is 24.5 Å². The highest BCUT2D eigenvalue weighted by molar-refractivity contribution is 5.98. The zero-order valence-corrected chi connectivity index (χ0v) is 13.2. The molecule has 0 aliphatic heterocycles. The van der Waals surface area contributed by atoms with E-state index >= 15 is 0 Å². The fourth-order valence-electron chi connectivity index (χ4n) is 1.86. The van der Waals surface area contributed by atoms with E-state index in [9.17, 15) is 14.7 Å². The number of tetrazole rings is 1. The van der Waals surface area contributed by atoms with Crippen LogP contribution in [-0.2, 0) is 4.79 Å². The van der Waals surface area contributed by atoms with Crippen LogP contribution < -0.4 is 4.74 Å². The zero-order chi connectivity index (χ0) is 17.2. The van der Waals surface area contributed by atoms with Crippen LogP contribution in [0, 0.1) is 0 Å². The van der Waals surface area contributed by atoms with Crippen LogP contribution in [0.4, 0.5) is 0 Å². The Morgan fingerprint density at radius 2 is 2.04 bits per heavy atom. The maximum absolute atomic E-state index is 12.6. The van der Waals surface area contributed by atoms with E-state index in [1.54, 1.807) is 18.2 Å². The Hall–Kier alpha value is -2.97. The summed E-state index contributed by atoms with van der Waals surface area (Å²) in [6.07, 6.45) is 1.37. The number of methoxy groups -OCH3 is 1. The van der Waals surface area contributed by atoms with Gasteiger partial charge in [0.15, 0.2) is 0 Å². The van der Waals surface area contributed by atoms with Crippen molar-refractivity contribution in [3.63, 3.8) is 0 Å². The Kier molecular flexibility index (Phi) is 4.30. The van der Waals surface area contributed by atoms with Gasteiger partial charge in [0.25, 0.3) is 5.91 Å². The van der Waals surface area contributed by atoms with E-state index in [0.717, 1.165) is 0 Å². The molecule has 1 aromatic heterocycles. The van der Waals surface area contributed by atoms with Crippen LogP contribution in [0.25, 0.3) is 5.69 Å². The summed E-state index contributed by atoms with van der Waals surface area (Å²) >= 11 is 0. The fourth-order valence-corrected chi connectivity index (χ4v) is 1.86. The van der Waals surface area contributed by atoms with Crippen molar-refractivity contribution in [1.82, 2.24) is 25.1 Å². The summed E-state index contributed by atoms with van der Waals surface area (Å²) in [6, 6.07) is 4.71. The van der Waals surface area contributed by atoms with Gasteiger partial charge in [0.1, 0.15) is 23.3 Å². The number of carbonyl (C=O) groups is 2. The highest BCUT2D eigenvalue weighted by atomic mass is 16.5. The van der Waals surface area contributed by atoms with Gasteiger partial charge < -0.3 is 14.7 Å². The molecule has 0 atom stereocenters. The Morgan fingerprint density at radius 1 is 1.35 bits per heavy atom. The normalized spacial score (nSPS) is 11.1. The third-order valence-corrected chi connectivity index (χ3v) is 3.69. The van der Waals surface area contributed by atoms with E-state index < -0.39 is 17.4 Å². The molecule has 0 saturated heterocycles. The number of carboxylic acid groups (broad SMARTS) is 1. The van der Waals surface area contributed by atoms with Gasteiger partial charge in [0.2, 0.25) is 0 Å². The number of rotatable bonds is 5. The van der Waals surface area contributed by atoms with Gasteiger partial charge in [-0.1, -0.05) is 0 Å². The van der Waals surface area contributed by atoms with E-state index in [0.29, 0.717) is 17.0 Å². The van der Waals surface area contributed by atoms with Crippen LogP contribution in [0.5, 0.6) is 5.75 Å². The van der Waals surface area contributed by atoms with Gasteiger partial charge in [-0.25, -0.2) is 4.79 Å². The van der Waals surface area contributed by atoms with E-state index in [1.807, 2.05) is 0 Å². The molecule has 0 radical (unpaired) electrons. The lowest BCUT2D eigenvalue weighted by atomic mass is 10.0. The molecule has 0 aliphatic carbocycles. The molecule has 9 heteroatoms. The molecule has 23 heavy (non-hydrogen) atoms. The second-order valence-corrected chi connectivity index (χ2v) is 5.37. The van der Waals surface area contributed by atoms with Crippen LogP contribution >= 0.6 is 0 Å². The first-order valence-corrected chi connectivity index (χ1v) is 6.72. The summed E-state index contributed by atoms with van der Waals surface area (Å²) in [7, 11) is 2.93. The van der Waals surface area contributed by atoms with Crippen molar-refractivity contribution in [1.29, 1.82) is 0 Å². The lowest BCUT2D eigenvalue weighted by Crippen LogP contribution is -2.50. The lowest BCUT2D eigenvalue weighted by Gasteiger charge is -2.31. The quantitative estimate of drug-likeness (QED) is 0.859. The zero-order valence-electron chi connectivity index (χ0n) is 13.2. The Bertz CT molecular complexity index is 727. The molecule has 0 saturated carbocycles. The predicted molar refractivity (Wildman–Crippen MR) is 79.5 cm³/mol. The maximum Gasteiger partial charge on any atom is 0.329 e. The molecule has 1 amide bonds. The van der Waals surface area contributed by atoms with Crippen molar-refractivity contribution in [2.75, 3.05) is 14.2 Å². The van der Waals surface area contributed by atoms with Crippen molar-refractivity contribution >= 4 is 11.9 Å². The summed E-state index contributed by atoms with van der Waals surface area (Å²) in [5.74, 6) is -1.05. The minimum Gasteiger partial charge on any atom is -0.494 e. The van der Waals surface area contributed by atoms with Crippen molar-refractivity contribution < 1.29 is 19.4 Å². The summed E-state index contributed by atoms with van der Waals surface area (Å²) < 4.78 is 6.59. The van der Waals surface area contributed by atoms with Crippen molar-refractivity contribution in [3.8, 4) is 11.4 Å². The standard InChI is InChI=1S/C14H17N5O4/c1-14(2,13(21)22)18(3)12(20)9-5-6-11(23-4)10(7-9)19-8-15-16-17-19/h5-8H,1-4H3,(H,21,22). The minimum absolute atomic E-state index is 0.299. The van der Waals surface area contributed by atoms with Crippen molar-refractivity contribution in [2.24, 2.45) is 0 Å². The van der Waals surface area contributed by atoms with Crippen molar-refractivity contribution in [2.45, 2.75) is 19.4 Å². The summed E-state index contributed by atoms with van der Waals surface area (Å²) in [6.45, 7) is 2.91. The molecule has 1 N–H and O–H groups in total. The van der Waals surface area contributed by atoms with Gasteiger partial charge in [-0.05, 0) is 42.5 Å². The molecule has 2 aromatic rings. The monoisotopic (exact) mass is 319 g/mol. The highest BCUT2D eigenvalue weighted by Crippen LogP contribution is 2.25. The van der Waals surface area contributed by atoms with Crippen LogP contribution in [0.3, 0.4) is 0 Å². The van der Waals surface area contributed by atoms with Gasteiger partial charge in [-0.3, -0.25) is 4.79 Å². The number of nitrogens with zero attached hydrogens (tertiary/aromatic N) is 5. The van der Waals surface area contributed by atoms with E-state index in [2.05, 4.69) is 15.5 Å². The Labute approximate surface area is 132 Å². The van der Waals surface area contributed by atoms with Gasteiger partial charge >= 0.3 is 5.97 Å². The smallest absolute Gasteiger partial charge is 0.329 e. The SMILES string of the molecule is COc1ccc(C(=O)N(C)C(C)(C)C(=O)O)cc1-n1cnnn1. The van der Waals surface area contributed by atoms with Gasteiger partial charge in [0, 0.05) is 12.6 Å². The molecular formula is C14H17N5O4. The molecule has 2 rings (SSSR count). The molecule has 0 unspecified atom stereocenters. The summed E-state index contributed by atoms with van der Waals surface area (Å²) in [5, 5.41) is 20.1. The van der Waals surface area contributed by atoms with E-state index in [1.165, 1.54) is 43.9 Å². The molecule has 0 spiro atoms. The first-order valence-electron chi connectivity index (χ1n) is 6.72. The third kappa shape index (κ3) is 2.98. The fraction of sp³-hybridized carbons (Fsp3) is 0.357. The highest BCUT2D eigenvalue weighted by Gasteiger charge is 2.35. The van der Waals surface area contributed by atoms with Crippen LogP contribution in [0.1, 0.15) is 24.2 Å². The number of carbonyl (C=O) groups excluding carboxylic acids is 1. The topological polar surface area (TPSA) is 110 Å². The molecule has 1 heterocycles. The molecule has 1 aromatic carbocycles.